The first kappa shape index (κ1) is 14.4. The van der Waals surface area contributed by atoms with Gasteiger partial charge in [0.15, 0.2) is 0 Å². The van der Waals surface area contributed by atoms with Gasteiger partial charge in [-0.3, -0.25) is 10.1 Å². The van der Waals surface area contributed by atoms with Crippen LogP contribution in [0.4, 0.5) is 5.69 Å². The van der Waals surface area contributed by atoms with Crippen LogP contribution < -0.4 is 0 Å². The molecule has 0 N–H and O–H groups in total. The van der Waals surface area contributed by atoms with Crippen LogP contribution >= 0.6 is 0 Å². The van der Waals surface area contributed by atoms with Gasteiger partial charge in [0.2, 0.25) is 0 Å². The standard InChI is InChI=1S/C14H13N3O4/c1-10(13-4-3-9-16(13)2)15-21-14(18)11-5-7-12(8-6-11)17(19)20/h3-9H,1-2H3/b15-10+. The minimum atomic E-state index is -0.668. The number of aryl methyl sites for hydroxylation is 1. The van der Waals surface area contributed by atoms with Crippen LogP contribution in [0.15, 0.2) is 47.8 Å². The van der Waals surface area contributed by atoms with Crippen molar-refractivity contribution in [2.45, 2.75) is 6.92 Å². The molecule has 1 aromatic heterocycles. The molecule has 7 heteroatoms. The Kier molecular flexibility index (Phi) is 4.13. The lowest BCUT2D eigenvalue weighted by Crippen LogP contribution is -2.06. The molecule has 108 valence electrons. The van der Waals surface area contributed by atoms with Gasteiger partial charge in [-0.25, -0.2) is 4.79 Å². The summed E-state index contributed by atoms with van der Waals surface area (Å²) in [6, 6.07) is 8.83. The van der Waals surface area contributed by atoms with Crippen LogP contribution in [0.1, 0.15) is 23.0 Å². The van der Waals surface area contributed by atoms with Crippen molar-refractivity contribution in [2.75, 3.05) is 0 Å². The van der Waals surface area contributed by atoms with E-state index in [1.807, 2.05) is 29.9 Å². The highest BCUT2D eigenvalue weighted by molar-refractivity contribution is 5.98. The van der Waals surface area contributed by atoms with E-state index in [1.54, 1.807) is 6.92 Å². The van der Waals surface area contributed by atoms with E-state index in [-0.39, 0.29) is 11.3 Å². The highest BCUT2D eigenvalue weighted by Crippen LogP contribution is 2.13. The number of aromatic nitrogens is 1. The van der Waals surface area contributed by atoms with Crippen molar-refractivity contribution in [3.05, 3.63) is 64.0 Å². The number of nitrogens with zero attached hydrogens (tertiary/aromatic N) is 3. The number of carbonyl (C=O) groups excluding carboxylic acids is 1. The fourth-order valence-corrected chi connectivity index (χ4v) is 1.77. The number of nitro groups is 1. The van der Waals surface area contributed by atoms with Gasteiger partial charge < -0.3 is 9.40 Å². The summed E-state index contributed by atoms with van der Waals surface area (Å²) < 4.78 is 1.85. The van der Waals surface area contributed by atoms with Crippen LogP contribution in [0, 0.1) is 10.1 Å². The second kappa shape index (κ2) is 6.00. The summed E-state index contributed by atoms with van der Waals surface area (Å²) in [4.78, 5) is 26.6. The van der Waals surface area contributed by atoms with Gasteiger partial charge >= 0.3 is 5.97 Å². The van der Waals surface area contributed by atoms with Crippen LogP contribution in [0.5, 0.6) is 0 Å². The van der Waals surface area contributed by atoms with Crippen molar-refractivity contribution in [1.82, 2.24) is 4.57 Å². The number of nitro benzene ring substituents is 1. The van der Waals surface area contributed by atoms with Crippen molar-refractivity contribution in [3.8, 4) is 0 Å². The summed E-state index contributed by atoms with van der Waals surface area (Å²) in [6.07, 6.45) is 1.85. The average Bonchev–Trinajstić information content (AvgIpc) is 2.90. The maximum Gasteiger partial charge on any atom is 0.365 e. The first-order valence-electron chi connectivity index (χ1n) is 6.11. The highest BCUT2D eigenvalue weighted by Gasteiger charge is 2.11. The zero-order valence-electron chi connectivity index (χ0n) is 11.5. The highest BCUT2D eigenvalue weighted by atomic mass is 16.7. The third-order valence-corrected chi connectivity index (χ3v) is 2.89. The molecule has 0 aliphatic carbocycles. The van der Waals surface area contributed by atoms with Gasteiger partial charge in [0, 0.05) is 25.4 Å². The van der Waals surface area contributed by atoms with Crippen LogP contribution in [0.3, 0.4) is 0 Å². The molecule has 1 aromatic carbocycles. The van der Waals surface area contributed by atoms with Crippen LogP contribution in [0.2, 0.25) is 0 Å². The summed E-state index contributed by atoms with van der Waals surface area (Å²) in [6.45, 7) is 1.72. The fraction of sp³-hybridized carbons (Fsp3) is 0.143. The third kappa shape index (κ3) is 3.33. The molecule has 0 amide bonds. The quantitative estimate of drug-likeness (QED) is 0.374. The Balaban J connectivity index is 2.08. The molecule has 1 heterocycles. The molecular formula is C14H13N3O4. The molecular weight excluding hydrogens is 274 g/mol. The van der Waals surface area contributed by atoms with E-state index < -0.39 is 10.9 Å². The fourth-order valence-electron chi connectivity index (χ4n) is 1.77. The van der Waals surface area contributed by atoms with Gasteiger partial charge in [-0.1, -0.05) is 5.16 Å². The Hall–Kier alpha value is -2.96. The van der Waals surface area contributed by atoms with Crippen LogP contribution in [-0.2, 0) is 11.9 Å². The van der Waals surface area contributed by atoms with Gasteiger partial charge in [-0.15, -0.1) is 0 Å². The molecule has 0 atom stereocenters. The van der Waals surface area contributed by atoms with Crippen molar-refractivity contribution in [1.29, 1.82) is 0 Å². The van der Waals surface area contributed by atoms with Gasteiger partial charge in [0.05, 0.1) is 16.2 Å². The van der Waals surface area contributed by atoms with E-state index >= 15 is 0 Å². The monoisotopic (exact) mass is 287 g/mol. The predicted molar refractivity (Wildman–Crippen MR) is 76.1 cm³/mol. The van der Waals surface area contributed by atoms with E-state index in [2.05, 4.69) is 5.16 Å². The van der Waals surface area contributed by atoms with Gasteiger partial charge in [-0.2, -0.15) is 0 Å². The second-order valence-corrected chi connectivity index (χ2v) is 4.36. The lowest BCUT2D eigenvalue weighted by molar-refractivity contribution is -0.384. The maximum absolute atomic E-state index is 11.8. The topological polar surface area (TPSA) is 86.7 Å². The largest absolute Gasteiger partial charge is 0.365 e. The predicted octanol–water partition coefficient (Wildman–Crippen LogP) is 2.51. The zero-order valence-corrected chi connectivity index (χ0v) is 11.5. The zero-order chi connectivity index (χ0) is 15.4. The Labute approximate surface area is 120 Å². The van der Waals surface area contributed by atoms with E-state index in [4.69, 9.17) is 4.84 Å². The Morgan fingerprint density at radius 3 is 2.48 bits per heavy atom. The van der Waals surface area contributed by atoms with Crippen molar-refractivity contribution in [3.63, 3.8) is 0 Å². The summed E-state index contributed by atoms with van der Waals surface area (Å²) in [5.41, 5.74) is 1.49. The molecule has 0 fully saturated rings. The lowest BCUT2D eigenvalue weighted by Gasteiger charge is -2.02. The van der Waals surface area contributed by atoms with Crippen molar-refractivity contribution >= 4 is 17.4 Å². The van der Waals surface area contributed by atoms with Gasteiger partial charge in [-0.05, 0) is 31.2 Å². The summed E-state index contributed by atoms with van der Waals surface area (Å²) in [7, 11) is 1.85. The minimum Gasteiger partial charge on any atom is -0.349 e. The average molecular weight is 287 g/mol. The molecule has 0 aliphatic heterocycles. The SMILES string of the molecule is C/C(=N\OC(=O)c1ccc([N+](=O)[O-])cc1)c1cccn1C. The van der Waals surface area contributed by atoms with E-state index in [9.17, 15) is 14.9 Å². The minimum absolute atomic E-state index is 0.0879. The van der Waals surface area contributed by atoms with E-state index in [1.165, 1.54) is 24.3 Å². The second-order valence-electron chi connectivity index (χ2n) is 4.36. The van der Waals surface area contributed by atoms with Crippen molar-refractivity contribution < 1.29 is 14.6 Å². The van der Waals surface area contributed by atoms with Crippen molar-refractivity contribution in [2.24, 2.45) is 12.2 Å². The number of rotatable bonds is 4. The molecule has 2 aromatic rings. The number of hydrogen-bond acceptors (Lipinski definition) is 5. The van der Waals surface area contributed by atoms with Crippen LogP contribution in [-0.4, -0.2) is 21.2 Å². The normalized spacial score (nSPS) is 11.2. The van der Waals surface area contributed by atoms with Gasteiger partial charge in [0.1, 0.15) is 5.71 Å². The first-order valence-corrected chi connectivity index (χ1v) is 6.11. The van der Waals surface area contributed by atoms with E-state index in [0.29, 0.717) is 5.71 Å². The number of benzene rings is 1. The molecule has 2 rings (SSSR count). The molecule has 0 saturated carbocycles. The number of non-ortho nitro benzene ring substituents is 1. The third-order valence-electron chi connectivity index (χ3n) is 2.89. The molecule has 0 unspecified atom stereocenters. The number of carbonyl (C=O) groups is 1. The Bertz CT molecular complexity index is 701. The van der Waals surface area contributed by atoms with Gasteiger partial charge in [0.25, 0.3) is 5.69 Å². The summed E-state index contributed by atoms with van der Waals surface area (Å²) in [5, 5.41) is 14.3. The number of oxime groups is 1. The Morgan fingerprint density at radius 2 is 1.95 bits per heavy atom. The molecule has 0 radical (unpaired) electrons. The Morgan fingerprint density at radius 1 is 1.29 bits per heavy atom. The summed E-state index contributed by atoms with van der Waals surface area (Å²) >= 11 is 0. The number of hydrogen-bond donors (Lipinski definition) is 0. The smallest absolute Gasteiger partial charge is 0.349 e. The maximum atomic E-state index is 11.8. The molecule has 21 heavy (non-hydrogen) atoms. The molecule has 0 spiro atoms. The lowest BCUT2D eigenvalue weighted by atomic mass is 10.2. The molecule has 0 bridgehead atoms. The summed E-state index contributed by atoms with van der Waals surface area (Å²) in [5.74, 6) is -0.668. The molecule has 0 aliphatic rings. The van der Waals surface area contributed by atoms with Crippen LogP contribution in [0.25, 0.3) is 0 Å². The molecule has 7 nitrogen and oxygen atoms in total. The molecule has 0 saturated heterocycles. The van der Waals surface area contributed by atoms with E-state index in [0.717, 1.165) is 5.69 Å². The first-order chi connectivity index (χ1) is 9.99.